The lowest BCUT2D eigenvalue weighted by atomic mass is 10.00. The van der Waals surface area contributed by atoms with E-state index in [4.69, 9.17) is 1.37 Å². The topological polar surface area (TPSA) is 67.2 Å². The van der Waals surface area contributed by atoms with E-state index in [1.54, 1.807) is 36.1 Å². The van der Waals surface area contributed by atoms with Crippen molar-refractivity contribution in [1.82, 2.24) is 24.9 Å². The summed E-state index contributed by atoms with van der Waals surface area (Å²) in [4.78, 5) is 16.3. The van der Waals surface area contributed by atoms with Crippen LogP contribution >= 0.6 is 0 Å². The molecule has 1 fully saturated rings. The number of halogens is 4. The van der Waals surface area contributed by atoms with Crippen molar-refractivity contribution in [3.63, 3.8) is 0 Å². The highest BCUT2D eigenvalue weighted by Crippen LogP contribution is 2.35. The first kappa shape index (κ1) is 23.4. The van der Waals surface area contributed by atoms with E-state index in [9.17, 15) is 22.4 Å². The van der Waals surface area contributed by atoms with Crippen LogP contribution < -0.4 is 4.90 Å². The van der Waals surface area contributed by atoms with E-state index in [0.717, 1.165) is 23.2 Å². The number of anilines is 1. The Morgan fingerprint density at radius 3 is 2.54 bits per heavy atom. The Morgan fingerprint density at radius 2 is 1.86 bits per heavy atom. The number of nitrogens with zero attached hydrogens (tertiary/aromatic N) is 6. The van der Waals surface area contributed by atoms with Gasteiger partial charge in [-0.05, 0) is 37.1 Å². The van der Waals surface area contributed by atoms with Crippen LogP contribution in [0.2, 0.25) is 0 Å². The number of aromatic nitrogens is 4. The van der Waals surface area contributed by atoms with Crippen LogP contribution in [-0.2, 0) is 13.2 Å². The average molecular weight is 514 g/mol. The van der Waals surface area contributed by atoms with Gasteiger partial charge in [-0.3, -0.25) is 9.48 Å². The Balaban J connectivity index is 1.38. The van der Waals surface area contributed by atoms with E-state index in [1.807, 2.05) is 11.0 Å². The van der Waals surface area contributed by atoms with Crippen LogP contribution in [0, 0.1) is 5.82 Å². The third-order valence-corrected chi connectivity index (χ3v) is 6.79. The summed E-state index contributed by atoms with van der Waals surface area (Å²) in [6.07, 6.45) is -2.24. The van der Waals surface area contributed by atoms with Gasteiger partial charge in [0.25, 0.3) is 5.91 Å². The molecule has 5 rings (SSSR count). The standard InChI is InChI=1S/C26H24F4N6O/c1-34(25(37)20-8-7-16(27)15-21(20)26(28,29)30)17-10-13-36(14-11-17)24-19-6-4-3-5-18(19)23(32-33-24)22-9-12-31-35(22)2/h3-9,12,15,17H,10-11,13-14H2,1-2H3/i5D. The van der Waals surface area contributed by atoms with Crippen molar-refractivity contribution >= 4 is 22.5 Å². The highest BCUT2D eigenvalue weighted by Gasteiger charge is 2.37. The number of aryl methyl sites for hydroxylation is 1. The maximum absolute atomic E-state index is 13.5. The van der Waals surface area contributed by atoms with Gasteiger partial charge in [0.2, 0.25) is 0 Å². The molecule has 1 aliphatic heterocycles. The predicted molar refractivity (Wildman–Crippen MR) is 130 cm³/mol. The number of benzene rings is 2. The fourth-order valence-electron chi connectivity index (χ4n) is 4.80. The number of amides is 1. The zero-order valence-electron chi connectivity index (χ0n) is 21.1. The van der Waals surface area contributed by atoms with Gasteiger partial charge in [0.1, 0.15) is 11.5 Å². The summed E-state index contributed by atoms with van der Waals surface area (Å²) in [5.74, 6) is -1.26. The maximum Gasteiger partial charge on any atom is 0.417 e. The van der Waals surface area contributed by atoms with E-state index in [0.29, 0.717) is 54.9 Å². The zero-order chi connectivity index (χ0) is 27.2. The van der Waals surface area contributed by atoms with Gasteiger partial charge in [-0.1, -0.05) is 24.2 Å². The molecular weight excluding hydrogens is 488 g/mol. The van der Waals surface area contributed by atoms with Crippen molar-refractivity contribution in [3.05, 3.63) is 71.6 Å². The Bertz CT molecular complexity index is 1510. The van der Waals surface area contributed by atoms with Crippen LogP contribution in [0.1, 0.15) is 30.1 Å². The third-order valence-electron chi connectivity index (χ3n) is 6.79. The first-order chi connectivity index (χ1) is 18.1. The number of rotatable bonds is 4. The number of hydrogen-bond acceptors (Lipinski definition) is 5. The summed E-state index contributed by atoms with van der Waals surface area (Å²) < 4.78 is 64.0. The fourth-order valence-corrected chi connectivity index (χ4v) is 4.80. The van der Waals surface area contributed by atoms with E-state index in [-0.39, 0.29) is 6.04 Å². The molecule has 0 spiro atoms. The minimum absolute atomic E-state index is 0.301. The van der Waals surface area contributed by atoms with E-state index >= 15 is 0 Å². The van der Waals surface area contributed by atoms with Crippen LogP contribution in [0.3, 0.4) is 0 Å². The summed E-state index contributed by atoms with van der Waals surface area (Å²) in [6.45, 7) is 0.962. The molecule has 0 aliphatic carbocycles. The fraction of sp³-hybridized carbons (Fsp3) is 0.308. The Morgan fingerprint density at radius 1 is 1.11 bits per heavy atom. The second-order valence-corrected chi connectivity index (χ2v) is 8.99. The third kappa shape index (κ3) is 4.61. The zero-order valence-corrected chi connectivity index (χ0v) is 20.1. The van der Waals surface area contributed by atoms with Crippen molar-refractivity contribution in [1.29, 1.82) is 0 Å². The lowest BCUT2D eigenvalue weighted by Crippen LogP contribution is -2.46. The lowest BCUT2D eigenvalue weighted by molar-refractivity contribution is -0.138. The van der Waals surface area contributed by atoms with Crippen LogP contribution in [0.5, 0.6) is 0 Å². The van der Waals surface area contributed by atoms with Gasteiger partial charge in [-0.15, -0.1) is 10.2 Å². The molecule has 4 aromatic rings. The molecule has 0 bridgehead atoms. The molecule has 0 unspecified atom stereocenters. The Labute approximate surface area is 211 Å². The molecule has 37 heavy (non-hydrogen) atoms. The first-order valence-electron chi connectivity index (χ1n) is 12.2. The van der Waals surface area contributed by atoms with Crippen molar-refractivity contribution < 1.29 is 23.7 Å². The van der Waals surface area contributed by atoms with Gasteiger partial charge in [0, 0.05) is 50.2 Å². The molecule has 0 N–H and O–H groups in total. The van der Waals surface area contributed by atoms with E-state index in [1.165, 1.54) is 11.9 Å². The lowest BCUT2D eigenvalue weighted by Gasteiger charge is -2.37. The van der Waals surface area contributed by atoms with Crippen molar-refractivity contribution in [2.75, 3.05) is 25.0 Å². The van der Waals surface area contributed by atoms with Crippen LogP contribution in [0.15, 0.2) is 54.7 Å². The van der Waals surface area contributed by atoms with Gasteiger partial charge in [-0.25, -0.2) is 4.39 Å². The molecule has 7 nitrogen and oxygen atoms in total. The molecule has 1 aliphatic rings. The highest BCUT2D eigenvalue weighted by atomic mass is 19.4. The number of carbonyl (C=O) groups is 1. The van der Waals surface area contributed by atoms with Crippen LogP contribution in [0.4, 0.5) is 23.4 Å². The van der Waals surface area contributed by atoms with E-state index < -0.39 is 29.0 Å². The van der Waals surface area contributed by atoms with Gasteiger partial charge >= 0.3 is 6.18 Å². The minimum atomic E-state index is -4.85. The monoisotopic (exact) mass is 513 g/mol. The largest absolute Gasteiger partial charge is 0.417 e. The number of hydrogen-bond donors (Lipinski definition) is 0. The molecular formula is C26H24F4N6O. The first-order valence-corrected chi connectivity index (χ1v) is 11.7. The molecule has 0 radical (unpaired) electrons. The van der Waals surface area contributed by atoms with Crippen molar-refractivity contribution in [3.8, 4) is 11.4 Å². The van der Waals surface area contributed by atoms with Crippen LogP contribution in [-0.4, -0.2) is 57.0 Å². The molecule has 0 saturated carbocycles. The molecule has 2 aromatic carbocycles. The van der Waals surface area contributed by atoms with Gasteiger partial charge in [-0.2, -0.15) is 18.3 Å². The Hall–Kier alpha value is -4.02. The van der Waals surface area contributed by atoms with Gasteiger partial charge in [0.05, 0.1) is 18.2 Å². The average Bonchev–Trinajstić information content (AvgIpc) is 3.32. The second kappa shape index (κ2) is 9.45. The van der Waals surface area contributed by atoms with Crippen molar-refractivity contribution in [2.24, 2.45) is 7.05 Å². The van der Waals surface area contributed by atoms with Crippen LogP contribution in [0.25, 0.3) is 22.2 Å². The molecule has 3 heterocycles. The summed E-state index contributed by atoms with van der Waals surface area (Å²) in [5.41, 5.74) is -0.580. The number of piperidine rings is 1. The number of fused-ring (bicyclic) bond motifs is 1. The molecule has 1 saturated heterocycles. The summed E-state index contributed by atoms with van der Waals surface area (Å²) in [7, 11) is 3.26. The van der Waals surface area contributed by atoms with E-state index in [2.05, 4.69) is 15.3 Å². The summed E-state index contributed by atoms with van der Waals surface area (Å²) in [6, 6.07) is 9.23. The summed E-state index contributed by atoms with van der Waals surface area (Å²) >= 11 is 0. The number of alkyl halides is 3. The van der Waals surface area contributed by atoms with Gasteiger partial charge < -0.3 is 9.80 Å². The predicted octanol–water partition coefficient (Wildman–Crippen LogP) is 4.93. The second-order valence-electron chi connectivity index (χ2n) is 8.99. The smallest absolute Gasteiger partial charge is 0.354 e. The molecule has 2 aromatic heterocycles. The highest BCUT2D eigenvalue weighted by molar-refractivity contribution is 6.00. The van der Waals surface area contributed by atoms with Gasteiger partial charge in [0.15, 0.2) is 5.82 Å². The molecule has 0 atom stereocenters. The molecule has 192 valence electrons. The minimum Gasteiger partial charge on any atom is -0.354 e. The molecule has 11 heteroatoms. The number of carbonyl (C=O) groups excluding carboxylic acids is 1. The quantitative estimate of drug-likeness (QED) is 0.362. The Kier molecular flexibility index (Phi) is 5.97. The molecule has 1 amide bonds. The normalized spacial score (nSPS) is 15.2. The van der Waals surface area contributed by atoms with Crippen molar-refractivity contribution in [2.45, 2.75) is 25.1 Å². The SMILES string of the molecule is [2H]c1cccc2c(N3CCC(N(C)C(=O)c4ccc(F)cc4C(F)(F)F)CC3)nnc(-c3ccnn3C)c12. The maximum atomic E-state index is 13.5. The summed E-state index contributed by atoms with van der Waals surface area (Å²) in [5, 5.41) is 14.5.